The van der Waals surface area contributed by atoms with Crippen molar-refractivity contribution in [1.29, 1.82) is 0 Å². The number of sulfone groups is 1. The van der Waals surface area contributed by atoms with Crippen LogP contribution in [0.15, 0.2) is 35.7 Å². The van der Waals surface area contributed by atoms with Crippen LogP contribution in [0.2, 0.25) is 0 Å². The van der Waals surface area contributed by atoms with Crippen LogP contribution >= 0.6 is 0 Å². The Kier molecular flexibility index (Phi) is 7.52. The first kappa shape index (κ1) is 28.6. The zero-order valence-corrected chi connectivity index (χ0v) is 24.5. The fraction of sp³-hybridized carbons (Fsp3) is 0.500. The molecule has 216 valence electrons. The van der Waals surface area contributed by atoms with Crippen molar-refractivity contribution in [3.63, 3.8) is 0 Å². The lowest BCUT2D eigenvalue weighted by atomic mass is 9.88. The van der Waals surface area contributed by atoms with Crippen LogP contribution in [0.4, 0.5) is 11.6 Å². The normalized spacial score (nSPS) is 23.4. The quantitative estimate of drug-likeness (QED) is 0.144. The number of rotatable bonds is 9. The van der Waals surface area contributed by atoms with Crippen molar-refractivity contribution in [3.05, 3.63) is 57.9 Å². The van der Waals surface area contributed by atoms with Gasteiger partial charge in [0, 0.05) is 41.8 Å². The lowest BCUT2D eigenvalue weighted by Gasteiger charge is -2.34. The van der Waals surface area contributed by atoms with Gasteiger partial charge in [0.1, 0.15) is 23.8 Å². The lowest BCUT2D eigenvalue weighted by molar-refractivity contribution is 0.0235. The van der Waals surface area contributed by atoms with Crippen molar-refractivity contribution < 1.29 is 22.7 Å². The number of carbonyl (C=O) groups is 1. The zero-order valence-electron chi connectivity index (χ0n) is 23.7. The van der Waals surface area contributed by atoms with Crippen LogP contribution in [0.1, 0.15) is 81.4 Å². The summed E-state index contributed by atoms with van der Waals surface area (Å²) in [5.74, 6) is 0.990. The van der Waals surface area contributed by atoms with E-state index >= 15 is 0 Å². The van der Waals surface area contributed by atoms with Gasteiger partial charge < -0.3 is 14.8 Å². The number of nitrogens with one attached hydrogen (secondary N) is 1. The van der Waals surface area contributed by atoms with Gasteiger partial charge in [-0.25, -0.2) is 28.2 Å². The Hall–Kier alpha value is -3.96. The molecule has 5 rings (SSSR count). The van der Waals surface area contributed by atoms with Crippen LogP contribution in [0.3, 0.4) is 0 Å². The van der Waals surface area contributed by atoms with Crippen LogP contribution in [-0.2, 0) is 20.1 Å². The molecule has 0 radical (unpaired) electrons. The molecule has 3 atom stereocenters. The number of aromatic nitrogens is 3. The third-order valence-electron chi connectivity index (χ3n) is 8.34. The maximum Gasteiger partial charge on any atom is 0.340 e. The van der Waals surface area contributed by atoms with E-state index in [0.29, 0.717) is 59.0 Å². The predicted octanol–water partition coefficient (Wildman–Crippen LogP) is 5.71. The van der Waals surface area contributed by atoms with Gasteiger partial charge >= 0.3 is 5.97 Å². The summed E-state index contributed by atoms with van der Waals surface area (Å²) in [6, 6.07) is 5.22. The molecule has 4 heterocycles. The fourth-order valence-corrected chi connectivity index (χ4v) is 6.66. The van der Waals surface area contributed by atoms with Crippen molar-refractivity contribution in [2.45, 2.75) is 82.8 Å². The summed E-state index contributed by atoms with van der Waals surface area (Å²) in [4.78, 5) is 29.2. The van der Waals surface area contributed by atoms with Gasteiger partial charge in [-0.15, -0.1) is 0 Å². The topological polar surface area (TPSA) is 169 Å². The second kappa shape index (κ2) is 10.8. The van der Waals surface area contributed by atoms with Crippen LogP contribution in [0.5, 0.6) is 5.88 Å². The van der Waals surface area contributed by atoms with Crippen molar-refractivity contribution in [2.75, 3.05) is 11.1 Å². The number of cyclic esters (lactones) is 1. The molecule has 3 aromatic heterocycles. The number of hydrogen-bond donors (Lipinski definition) is 1. The molecule has 2 aliphatic rings. The Bertz CT molecular complexity index is 1670. The second-order valence-corrected chi connectivity index (χ2v) is 13.4. The number of carbonyl (C=O) groups excluding carboxylic acids is 1. The number of azide groups is 1. The summed E-state index contributed by atoms with van der Waals surface area (Å²) in [7, 11) is -3.11. The molecule has 0 bridgehead atoms. The smallest absolute Gasteiger partial charge is 0.340 e. The number of hydrogen-bond acceptors (Lipinski definition) is 10. The van der Waals surface area contributed by atoms with E-state index in [1.54, 1.807) is 31.5 Å². The molecule has 12 nitrogen and oxygen atoms in total. The van der Waals surface area contributed by atoms with E-state index in [4.69, 9.17) is 14.5 Å². The highest BCUT2D eigenvalue weighted by molar-refractivity contribution is 7.92. The maximum absolute atomic E-state index is 12.3. The first-order chi connectivity index (χ1) is 19.5. The maximum atomic E-state index is 12.3. The van der Waals surface area contributed by atoms with Crippen molar-refractivity contribution in [3.8, 4) is 5.88 Å². The largest absolute Gasteiger partial charge is 0.474 e. The molecule has 1 aliphatic heterocycles. The molecule has 1 fully saturated rings. The predicted molar refractivity (Wildman–Crippen MR) is 154 cm³/mol. The number of esters is 1. The fourth-order valence-electron chi connectivity index (χ4n) is 5.17. The van der Waals surface area contributed by atoms with Gasteiger partial charge in [0.15, 0.2) is 9.84 Å². The standard InChI is InChI=1S/C28H33N7O5S/c1-6-28(5,34-35-29)22-14-31-26(40-17-10-18(11-17)41(37,38)7-2)21-13-30-24(12-20(21)22)32-23-9-8-19-25(33-23)15(3)16(4)39-27(19)36/h8-9,12-18H,6-7,10-11H2,1-5H3,(H,30,32,33)/t15-,16-,17-,18+,28+/m0/s1. The molecule has 0 unspecified atom stereocenters. The molecule has 0 aromatic carbocycles. The van der Waals surface area contributed by atoms with E-state index < -0.39 is 20.6 Å². The summed E-state index contributed by atoms with van der Waals surface area (Å²) in [5, 5.41) is 8.25. The molecule has 41 heavy (non-hydrogen) atoms. The minimum atomic E-state index is -3.11. The molecule has 3 aromatic rings. The molecular formula is C28H33N7O5S. The first-order valence-electron chi connectivity index (χ1n) is 13.7. The van der Waals surface area contributed by atoms with Gasteiger partial charge in [0.25, 0.3) is 0 Å². The SMILES string of the molecule is CC[C@@](C)(N=[N+]=[N-])c1cnc(O[C@H]2C[C@@H](S(=O)(=O)CC)C2)c2cnc(Nc3ccc4c(n3)[C@@H](C)[C@H](C)OC4=O)cc12. The summed E-state index contributed by atoms with van der Waals surface area (Å²) in [6.07, 6.45) is 4.06. The third kappa shape index (κ3) is 5.27. The Labute approximate surface area is 238 Å². The van der Waals surface area contributed by atoms with E-state index in [0.717, 1.165) is 5.39 Å². The average Bonchev–Trinajstić information content (AvgIpc) is 2.93. The minimum Gasteiger partial charge on any atom is -0.474 e. The van der Waals surface area contributed by atoms with E-state index in [-0.39, 0.29) is 29.8 Å². The van der Waals surface area contributed by atoms with Gasteiger partial charge in [0.05, 0.1) is 27.4 Å². The molecule has 1 saturated carbocycles. The monoisotopic (exact) mass is 579 g/mol. The summed E-state index contributed by atoms with van der Waals surface area (Å²) in [5.41, 5.74) is 10.2. The minimum absolute atomic E-state index is 0.0704. The number of ether oxygens (including phenoxy) is 2. The Morgan fingerprint density at radius 2 is 1.93 bits per heavy atom. The molecule has 1 aliphatic carbocycles. The highest BCUT2D eigenvalue weighted by Crippen LogP contribution is 2.40. The molecule has 0 spiro atoms. The van der Waals surface area contributed by atoms with Crippen LogP contribution in [0.25, 0.3) is 21.2 Å². The first-order valence-corrected chi connectivity index (χ1v) is 15.4. The highest BCUT2D eigenvalue weighted by Gasteiger charge is 2.40. The van der Waals surface area contributed by atoms with Crippen molar-refractivity contribution in [2.24, 2.45) is 5.11 Å². The van der Waals surface area contributed by atoms with Gasteiger partial charge in [-0.1, -0.05) is 25.9 Å². The summed E-state index contributed by atoms with van der Waals surface area (Å²) in [6.45, 7) is 9.23. The summed E-state index contributed by atoms with van der Waals surface area (Å²) < 4.78 is 35.9. The number of anilines is 2. The van der Waals surface area contributed by atoms with Crippen LogP contribution in [0, 0.1) is 0 Å². The Morgan fingerprint density at radius 1 is 1.17 bits per heavy atom. The average molecular weight is 580 g/mol. The van der Waals surface area contributed by atoms with E-state index in [1.165, 1.54) is 0 Å². The summed E-state index contributed by atoms with van der Waals surface area (Å²) >= 11 is 0. The van der Waals surface area contributed by atoms with Crippen LogP contribution < -0.4 is 10.1 Å². The second-order valence-electron chi connectivity index (χ2n) is 10.8. The Balaban J connectivity index is 1.51. The van der Waals surface area contributed by atoms with Crippen molar-refractivity contribution in [1.82, 2.24) is 15.0 Å². The van der Waals surface area contributed by atoms with Crippen LogP contribution in [-0.4, -0.2) is 52.5 Å². The third-order valence-corrected chi connectivity index (χ3v) is 10.5. The van der Waals surface area contributed by atoms with Gasteiger partial charge in [0.2, 0.25) is 5.88 Å². The molecule has 13 heteroatoms. The highest BCUT2D eigenvalue weighted by atomic mass is 32.2. The van der Waals surface area contributed by atoms with E-state index in [2.05, 4.69) is 25.3 Å². The number of fused-ring (bicyclic) bond motifs is 2. The Morgan fingerprint density at radius 3 is 2.61 bits per heavy atom. The zero-order chi connectivity index (χ0) is 29.5. The van der Waals surface area contributed by atoms with Crippen molar-refractivity contribution >= 4 is 38.2 Å². The van der Waals surface area contributed by atoms with Gasteiger partial charge in [-0.05, 0) is 54.9 Å². The molecule has 1 N–H and O–H groups in total. The van der Waals surface area contributed by atoms with E-state index in [1.807, 2.05) is 33.8 Å². The molecular weight excluding hydrogens is 546 g/mol. The number of pyridine rings is 3. The molecule has 0 saturated heterocycles. The van der Waals surface area contributed by atoms with E-state index in [9.17, 15) is 18.7 Å². The molecule has 0 amide bonds. The van der Waals surface area contributed by atoms with Gasteiger partial charge in [-0.2, -0.15) is 0 Å². The van der Waals surface area contributed by atoms with Gasteiger partial charge in [-0.3, -0.25) is 0 Å². The number of nitrogens with zero attached hydrogens (tertiary/aromatic N) is 6. The lowest BCUT2D eigenvalue weighted by Crippen LogP contribution is -2.43.